The Hall–Kier alpha value is -1.31. The second kappa shape index (κ2) is 6.21. The predicted octanol–water partition coefficient (Wildman–Crippen LogP) is 1.67. The summed E-state index contributed by atoms with van der Waals surface area (Å²) in [5.41, 5.74) is 0. The zero-order valence-corrected chi connectivity index (χ0v) is 11.4. The van der Waals surface area contributed by atoms with Crippen LogP contribution in [0.15, 0.2) is 0 Å². The number of carbonyl (C=O) groups is 2. The van der Waals surface area contributed by atoms with Gasteiger partial charge in [0.2, 0.25) is 5.91 Å². The molecule has 2 atom stereocenters. The maximum atomic E-state index is 12.8. The van der Waals surface area contributed by atoms with E-state index in [4.69, 9.17) is 9.84 Å². The Morgan fingerprint density at radius 1 is 1.19 bits per heavy atom. The number of ether oxygens (including phenoxy) is 1. The maximum absolute atomic E-state index is 12.8. The third kappa shape index (κ3) is 3.87. The molecule has 0 aromatic rings. The quantitative estimate of drug-likeness (QED) is 0.858. The second-order valence-corrected chi connectivity index (χ2v) is 5.61. The largest absolute Gasteiger partial charge is 0.481 e. The van der Waals surface area contributed by atoms with Crippen LogP contribution in [0.3, 0.4) is 0 Å². The highest BCUT2D eigenvalue weighted by Gasteiger charge is 2.53. The van der Waals surface area contributed by atoms with Crippen molar-refractivity contribution in [2.75, 3.05) is 19.7 Å². The summed E-state index contributed by atoms with van der Waals surface area (Å²) in [5.74, 6) is -5.70. The highest BCUT2D eigenvalue weighted by molar-refractivity contribution is 5.80. The molecule has 1 saturated heterocycles. The Balaban J connectivity index is 1.91. The maximum Gasteiger partial charge on any atom is 0.394 e. The van der Waals surface area contributed by atoms with E-state index in [1.807, 2.05) is 0 Å². The topological polar surface area (TPSA) is 66.8 Å². The number of hydrogen-bond donors (Lipinski definition) is 1. The van der Waals surface area contributed by atoms with E-state index in [0.717, 1.165) is 30.6 Å². The molecule has 0 aromatic carbocycles. The van der Waals surface area contributed by atoms with Crippen LogP contribution in [-0.2, 0) is 14.3 Å². The van der Waals surface area contributed by atoms with Crippen molar-refractivity contribution in [2.45, 2.75) is 38.0 Å². The number of halogens is 3. The van der Waals surface area contributed by atoms with Crippen LogP contribution in [-0.4, -0.2) is 53.9 Å². The lowest BCUT2D eigenvalue weighted by Gasteiger charge is -2.19. The normalized spacial score (nSPS) is 27.3. The molecule has 2 fully saturated rings. The molecule has 1 aliphatic carbocycles. The minimum atomic E-state index is -4.62. The standard InChI is InChI=1S/C13H18F3NO4/c14-13(15,16)10-6-17(5-9(10)12(19)20)11(18)7-21-8-3-1-2-4-8/h8-10H,1-7H2,(H,19,20)/t9-,10-/m1/s1. The minimum absolute atomic E-state index is 0.00904. The number of carboxylic acids is 1. The lowest BCUT2D eigenvalue weighted by molar-refractivity contribution is -0.188. The van der Waals surface area contributed by atoms with Crippen molar-refractivity contribution in [1.29, 1.82) is 0 Å². The molecule has 120 valence electrons. The van der Waals surface area contributed by atoms with Gasteiger partial charge in [-0.3, -0.25) is 9.59 Å². The Labute approximate surface area is 120 Å². The van der Waals surface area contributed by atoms with Gasteiger partial charge in [0, 0.05) is 13.1 Å². The summed E-state index contributed by atoms with van der Waals surface area (Å²) in [6.45, 7) is -1.29. The van der Waals surface area contributed by atoms with Crippen LogP contribution in [0.2, 0.25) is 0 Å². The molecule has 1 aliphatic heterocycles. The van der Waals surface area contributed by atoms with Gasteiger partial charge in [0.05, 0.1) is 17.9 Å². The molecule has 0 unspecified atom stereocenters. The highest BCUT2D eigenvalue weighted by atomic mass is 19.4. The third-order valence-corrected chi connectivity index (χ3v) is 4.15. The van der Waals surface area contributed by atoms with Gasteiger partial charge in [-0.05, 0) is 12.8 Å². The van der Waals surface area contributed by atoms with Gasteiger partial charge in [-0.1, -0.05) is 12.8 Å². The smallest absolute Gasteiger partial charge is 0.394 e. The number of rotatable bonds is 4. The molecular formula is C13H18F3NO4. The predicted molar refractivity (Wildman–Crippen MR) is 65.5 cm³/mol. The zero-order chi connectivity index (χ0) is 15.6. The Kier molecular flexibility index (Phi) is 4.75. The van der Waals surface area contributed by atoms with Crippen molar-refractivity contribution >= 4 is 11.9 Å². The molecule has 21 heavy (non-hydrogen) atoms. The summed E-state index contributed by atoms with van der Waals surface area (Å²) < 4.78 is 43.8. The average molecular weight is 309 g/mol. The fourth-order valence-corrected chi connectivity index (χ4v) is 2.92. The summed E-state index contributed by atoms with van der Waals surface area (Å²) >= 11 is 0. The molecule has 0 radical (unpaired) electrons. The van der Waals surface area contributed by atoms with Gasteiger partial charge < -0.3 is 14.7 Å². The number of hydrogen-bond acceptors (Lipinski definition) is 3. The minimum Gasteiger partial charge on any atom is -0.481 e. The summed E-state index contributed by atoms with van der Waals surface area (Å²) in [7, 11) is 0. The van der Waals surface area contributed by atoms with Crippen LogP contribution < -0.4 is 0 Å². The van der Waals surface area contributed by atoms with Crippen LogP contribution in [0.25, 0.3) is 0 Å². The number of nitrogens with zero attached hydrogens (tertiary/aromatic N) is 1. The summed E-state index contributed by atoms with van der Waals surface area (Å²) in [4.78, 5) is 23.8. The van der Waals surface area contributed by atoms with Crippen LogP contribution in [0.4, 0.5) is 13.2 Å². The van der Waals surface area contributed by atoms with Gasteiger partial charge in [-0.15, -0.1) is 0 Å². The molecule has 1 saturated carbocycles. The van der Waals surface area contributed by atoms with Crippen LogP contribution in [0.5, 0.6) is 0 Å². The number of amides is 1. The van der Waals surface area contributed by atoms with Crippen molar-refractivity contribution in [3.63, 3.8) is 0 Å². The second-order valence-electron chi connectivity index (χ2n) is 5.61. The molecule has 8 heteroatoms. The van der Waals surface area contributed by atoms with Crippen molar-refractivity contribution in [2.24, 2.45) is 11.8 Å². The Morgan fingerprint density at radius 2 is 1.81 bits per heavy atom. The van der Waals surface area contributed by atoms with Gasteiger partial charge in [-0.2, -0.15) is 13.2 Å². The van der Waals surface area contributed by atoms with Gasteiger partial charge >= 0.3 is 12.1 Å². The molecule has 0 spiro atoms. The lowest BCUT2D eigenvalue weighted by atomic mass is 9.96. The van der Waals surface area contributed by atoms with Crippen molar-refractivity contribution in [3.05, 3.63) is 0 Å². The number of carboxylic acid groups (broad SMARTS) is 1. The van der Waals surface area contributed by atoms with Gasteiger partial charge in [0.1, 0.15) is 6.61 Å². The van der Waals surface area contributed by atoms with Gasteiger partial charge in [0.15, 0.2) is 0 Å². The third-order valence-electron chi connectivity index (χ3n) is 4.15. The van der Waals surface area contributed by atoms with Gasteiger partial charge in [0.25, 0.3) is 0 Å². The van der Waals surface area contributed by atoms with Crippen molar-refractivity contribution in [3.8, 4) is 0 Å². The van der Waals surface area contributed by atoms with Crippen LogP contribution in [0.1, 0.15) is 25.7 Å². The molecule has 1 amide bonds. The molecule has 2 aliphatic rings. The molecule has 1 heterocycles. The average Bonchev–Trinajstić information content (AvgIpc) is 3.04. The first-order chi connectivity index (χ1) is 9.79. The van der Waals surface area contributed by atoms with Crippen molar-refractivity contribution in [1.82, 2.24) is 4.90 Å². The van der Waals surface area contributed by atoms with E-state index >= 15 is 0 Å². The number of aliphatic carboxylic acids is 1. The summed E-state index contributed by atoms with van der Waals surface area (Å²) in [5, 5.41) is 8.88. The SMILES string of the molecule is O=C(O)[C@@H]1CN(C(=O)COC2CCCC2)C[C@H]1C(F)(F)F. The van der Waals surface area contributed by atoms with E-state index in [1.54, 1.807) is 0 Å². The van der Waals surface area contributed by atoms with E-state index < -0.39 is 43.0 Å². The fourth-order valence-electron chi connectivity index (χ4n) is 2.92. The Morgan fingerprint density at radius 3 is 2.29 bits per heavy atom. The number of alkyl halides is 3. The number of carbonyl (C=O) groups excluding carboxylic acids is 1. The van der Waals surface area contributed by atoms with Crippen LogP contribution >= 0.6 is 0 Å². The lowest BCUT2D eigenvalue weighted by Crippen LogP contribution is -2.35. The van der Waals surface area contributed by atoms with E-state index in [0.29, 0.717) is 0 Å². The molecule has 0 bridgehead atoms. The van der Waals surface area contributed by atoms with Crippen LogP contribution in [0, 0.1) is 11.8 Å². The zero-order valence-electron chi connectivity index (χ0n) is 11.4. The van der Waals surface area contributed by atoms with E-state index in [9.17, 15) is 22.8 Å². The molecule has 0 aromatic heterocycles. The van der Waals surface area contributed by atoms with E-state index in [1.165, 1.54) is 0 Å². The molecule has 5 nitrogen and oxygen atoms in total. The fraction of sp³-hybridized carbons (Fsp3) is 0.846. The monoisotopic (exact) mass is 309 g/mol. The first kappa shape index (κ1) is 16.1. The summed E-state index contributed by atoms with van der Waals surface area (Å²) in [6.07, 6.45) is -0.860. The summed E-state index contributed by atoms with van der Waals surface area (Å²) in [6, 6.07) is 0. The van der Waals surface area contributed by atoms with Crippen molar-refractivity contribution < 1.29 is 32.6 Å². The molecule has 1 N–H and O–H groups in total. The molecular weight excluding hydrogens is 291 g/mol. The first-order valence-corrected chi connectivity index (χ1v) is 6.98. The first-order valence-electron chi connectivity index (χ1n) is 6.98. The number of likely N-dealkylation sites (tertiary alicyclic amines) is 1. The van der Waals surface area contributed by atoms with Gasteiger partial charge in [-0.25, -0.2) is 0 Å². The highest BCUT2D eigenvalue weighted by Crippen LogP contribution is 2.37. The molecule has 2 rings (SSSR count). The van der Waals surface area contributed by atoms with E-state index in [-0.39, 0.29) is 12.7 Å². The Bertz CT molecular complexity index is 407. The van der Waals surface area contributed by atoms with E-state index in [2.05, 4.69) is 0 Å².